The number of hydrogen-bond acceptors (Lipinski definition) is 2. The van der Waals surface area contributed by atoms with Gasteiger partial charge in [0, 0.05) is 18.8 Å². The first kappa shape index (κ1) is 11.6. The van der Waals surface area contributed by atoms with E-state index >= 15 is 0 Å². The Labute approximate surface area is 94.9 Å². The van der Waals surface area contributed by atoms with Crippen LogP contribution in [-0.2, 0) is 17.4 Å². The lowest BCUT2D eigenvalue weighted by Gasteiger charge is -2.05. The number of pyridine rings is 1. The SMILES string of the molecule is CC(=O)Cc1cn2cc(C(F)(F)F)ccc2n1. The molecular weight excluding hydrogens is 233 g/mol. The number of rotatable bonds is 2. The number of nitrogens with zero attached hydrogens (tertiary/aromatic N) is 2. The largest absolute Gasteiger partial charge is 0.417 e. The van der Waals surface area contributed by atoms with Crippen LogP contribution < -0.4 is 0 Å². The second-order valence-corrected chi connectivity index (χ2v) is 3.79. The summed E-state index contributed by atoms with van der Waals surface area (Å²) in [4.78, 5) is 14.9. The van der Waals surface area contributed by atoms with Gasteiger partial charge in [0.05, 0.1) is 11.3 Å². The molecular formula is C11H9F3N2O. The number of aromatic nitrogens is 2. The van der Waals surface area contributed by atoms with E-state index in [1.165, 1.54) is 23.6 Å². The molecule has 0 N–H and O–H groups in total. The zero-order valence-corrected chi connectivity index (χ0v) is 8.95. The van der Waals surface area contributed by atoms with E-state index in [1.807, 2.05) is 0 Å². The second-order valence-electron chi connectivity index (χ2n) is 3.79. The number of alkyl halides is 3. The number of fused-ring (bicyclic) bond motifs is 1. The van der Waals surface area contributed by atoms with Crippen LogP contribution in [-0.4, -0.2) is 15.2 Å². The van der Waals surface area contributed by atoms with Gasteiger partial charge < -0.3 is 4.40 Å². The molecule has 0 aliphatic heterocycles. The Hall–Kier alpha value is -1.85. The summed E-state index contributed by atoms with van der Waals surface area (Å²) in [5.74, 6) is -0.0792. The molecule has 3 nitrogen and oxygen atoms in total. The molecule has 0 aliphatic carbocycles. The highest BCUT2D eigenvalue weighted by atomic mass is 19.4. The molecule has 90 valence electrons. The van der Waals surface area contributed by atoms with Crippen LogP contribution in [0.1, 0.15) is 18.2 Å². The highest BCUT2D eigenvalue weighted by Crippen LogP contribution is 2.29. The maximum atomic E-state index is 12.4. The van der Waals surface area contributed by atoms with Gasteiger partial charge >= 0.3 is 6.18 Å². The topological polar surface area (TPSA) is 34.4 Å². The third kappa shape index (κ3) is 2.46. The normalized spacial score (nSPS) is 12.0. The van der Waals surface area contributed by atoms with Gasteiger partial charge in [0.2, 0.25) is 0 Å². The van der Waals surface area contributed by atoms with Gasteiger partial charge in [-0.05, 0) is 19.1 Å². The number of halogens is 3. The number of Topliss-reactive ketones (excluding diaryl/α,β-unsaturated/α-hetero) is 1. The van der Waals surface area contributed by atoms with Crippen molar-refractivity contribution < 1.29 is 18.0 Å². The van der Waals surface area contributed by atoms with Crippen molar-refractivity contribution in [1.82, 2.24) is 9.38 Å². The minimum absolute atomic E-state index is 0.0792. The molecule has 0 fully saturated rings. The second kappa shape index (κ2) is 3.87. The zero-order chi connectivity index (χ0) is 12.6. The summed E-state index contributed by atoms with van der Waals surface area (Å²) in [5, 5.41) is 0. The van der Waals surface area contributed by atoms with Crippen molar-refractivity contribution in [2.75, 3.05) is 0 Å². The van der Waals surface area contributed by atoms with E-state index in [0.717, 1.165) is 12.3 Å². The minimum atomic E-state index is -4.38. The van der Waals surface area contributed by atoms with Crippen molar-refractivity contribution in [3.63, 3.8) is 0 Å². The Kier molecular flexibility index (Phi) is 2.65. The third-order valence-corrected chi connectivity index (χ3v) is 2.26. The summed E-state index contributed by atoms with van der Waals surface area (Å²) in [6.45, 7) is 1.41. The van der Waals surface area contributed by atoms with Gasteiger partial charge in [-0.1, -0.05) is 0 Å². The van der Waals surface area contributed by atoms with Crippen LogP contribution in [0.25, 0.3) is 5.65 Å². The lowest BCUT2D eigenvalue weighted by Crippen LogP contribution is -2.05. The number of imidazole rings is 1. The first-order chi connectivity index (χ1) is 7.86. The first-order valence-corrected chi connectivity index (χ1v) is 4.90. The van der Waals surface area contributed by atoms with E-state index in [0.29, 0.717) is 11.3 Å². The van der Waals surface area contributed by atoms with Gasteiger partial charge in [-0.3, -0.25) is 4.79 Å². The monoisotopic (exact) mass is 242 g/mol. The summed E-state index contributed by atoms with van der Waals surface area (Å²) in [7, 11) is 0. The van der Waals surface area contributed by atoms with Crippen molar-refractivity contribution in [3.05, 3.63) is 35.8 Å². The molecule has 2 aromatic heterocycles. The van der Waals surface area contributed by atoms with E-state index in [2.05, 4.69) is 4.98 Å². The van der Waals surface area contributed by atoms with Crippen molar-refractivity contribution in [2.45, 2.75) is 19.5 Å². The highest BCUT2D eigenvalue weighted by Gasteiger charge is 2.30. The Balaban J connectivity index is 2.44. The number of ketones is 1. The quantitative estimate of drug-likeness (QED) is 0.810. The molecule has 2 heterocycles. The van der Waals surface area contributed by atoms with Gasteiger partial charge in [0.15, 0.2) is 0 Å². The van der Waals surface area contributed by atoms with Crippen LogP contribution in [0.2, 0.25) is 0 Å². The Morgan fingerprint density at radius 2 is 2.06 bits per heavy atom. The molecule has 0 atom stereocenters. The molecule has 0 amide bonds. The molecule has 0 unspecified atom stereocenters. The molecule has 0 spiro atoms. The smallest absolute Gasteiger partial charge is 0.306 e. The maximum Gasteiger partial charge on any atom is 0.417 e. The fraction of sp³-hybridized carbons (Fsp3) is 0.273. The van der Waals surface area contributed by atoms with Crippen molar-refractivity contribution in [3.8, 4) is 0 Å². The van der Waals surface area contributed by atoms with E-state index in [1.54, 1.807) is 0 Å². The number of carbonyl (C=O) groups is 1. The summed E-state index contributed by atoms with van der Waals surface area (Å²) in [5.41, 5.74) is 0.128. The van der Waals surface area contributed by atoms with Gasteiger partial charge in [0.1, 0.15) is 11.4 Å². The van der Waals surface area contributed by atoms with E-state index in [9.17, 15) is 18.0 Å². The Morgan fingerprint density at radius 1 is 1.35 bits per heavy atom. The van der Waals surface area contributed by atoms with Crippen molar-refractivity contribution >= 4 is 11.4 Å². The van der Waals surface area contributed by atoms with Crippen molar-refractivity contribution in [1.29, 1.82) is 0 Å². The van der Waals surface area contributed by atoms with Crippen LogP contribution in [0.5, 0.6) is 0 Å². The highest BCUT2D eigenvalue weighted by molar-refractivity contribution is 5.77. The fourth-order valence-electron chi connectivity index (χ4n) is 1.55. The summed E-state index contributed by atoms with van der Waals surface area (Å²) in [6, 6.07) is 2.26. The molecule has 0 radical (unpaired) electrons. The predicted molar refractivity (Wildman–Crippen MR) is 54.6 cm³/mol. The molecule has 0 saturated heterocycles. The molecule has 2 aromatic rings. The van der Waals surface area contributed by atoms with E-state index in [-0.39, 0.29) is 12.2 Å². The fourth-order valence-corrected chi connectivity index (χ4v) is 1.55. The standard InChI is InChI=1S/C11H9F3N2O/c1-7(17)4-9-6-16-5-8(11(12,13)14)2-3-10(16)15-9/h2-3,5-6H,4H2,1H3. The number of carbonyl (C=O) groups excluding carboxylic acids is 1. The molecule has 0 saturated carbocycles. The summed E-state index contributed by atoms with van der Waals surface area (Å²) in [6.07, 6.45) is -1.85. The molecule has 0 aliphatic rings. The minimum Gasteiger partial charge on any atom is -0.306 e. The molecule has 6 heteroatoms. The van der Waals surface area contributed by atoms with Crippen molar-refractivity contribution in [2.24, 2.45) is 0 Å². The third-order valence-electron chi connectivity index (χ3n) is 2.26. The van der Waals surface area contributed by atoms with E-state index < -0.39 is 11.7 Å². The first-order valence-electron chi connectivity index (χ1n) is 4.90. The lowest BCUT2D eigenvalue weighted by atomic mass is 10.2. The van der Waals surface area contributed by atoms with Crippen LogP contribution in [0.15, 0.2) is 24.5 Å². The van der Waals surface area contributed by atoms with E-state index in [4.69, 9.17) is 0 Å². The van der Waals surface area contributed by atoms with Gasteiger partial charge in [-0.25, -0.2) is 4.98 Å². The molecule has 0 bridgehead atoms. The summed E-state index contributed by atoms with van der Waals surface area (Å²) >= 11 is 0. The zero-order valence-electron chi connectivity index (χ0n) is 8.95. The van der Waals surface area contributed by atoms with Crippen LogP contribution in [0, 0.1) is 0 Å². The maximum absolute atomic E-state index is 12.4. The Bertz CT molecular complexity index is 572. The summed E-state index contributed by atoms with van der Waals surface area (Å²) < 4.78 is 38.6. The van der Waals surface area contributed by atoms with Crippen LogP contribution in [0.3, 0.4) is 0 Å². The molecule has 17 heavy (non-hydrogen) atoms. The average Bonchev–Trinajstić information content (AvgIpc) is 2.55. The van der Waals surface area contributed by atoms with Crippen LogP contribution >= 0.6 is 0 Å². The number of hydrogen-bond donors (Lipinski definition) is 0. The van der Waals surface area contributed by atoms with Gasteiger partial charge in [-0.15, -0.1) is 0 Å². The predicted octanol–water partition coefficient (Wildman–Crippen LogP) is 2.48. The van der Waals surface area contributed by atoms with Crippen LogP contribution in [0.4, 0.5) is 13.2 Å². The lowest BCUT2D eigenvalue weighted by molar-refractivity contribution is -0.137. The Morgan fingerprint density at radius 3 is 2.65 bits per heavy atom. The molecule has 2 rings (SSSR count). The molecule has 0 aromatic carbocycles. The van der Waals surface area contributed by atoms with Gasteiger partial charge in [-0.2, -0.15) is 13.2 Å². The average molecular weight is 242 g/mol. The van der Waals surface area contributed by atoms with Gasteiger partial charge in [0.25, 0.3) is 0 Å².